The van der Waals surface area contributed by atoms with Crippen LogP contribution in [0.1, 0.15) is 42.4 Å². The molecule has 3 N–H and O–H groups in total. The molecule has 0 radical (unpaired) electrons. The lowest BCUT2D eigenvalue weighted by molar-refractivity contribution is 0.0927. The molecule has 106 valence electrons. The lowest BCUT2D eigenvalue weighted by Crippen LogP contribution is -2.29. The van der Waals surface area contributed by atoms with Crippen molar-refractivity contribution in [2.45, 2.75) is 26.3 Å². The highest BCUT2D eigenvalue weighted by molar-refractivity contribution is 7.13. The van der Waals surface area contributed by atoms with E-state index in [9.17, 15) is 4.79 Å². The molecule has 0 bridgehead atoms. The monoisotopic (exact) mass is 290 g/mol. The zero-order valence-electron chi connectivity index (χ0n) is 11.5. The van der Waals surface area contributed by atoms with E-state index in [1.165, 1.54) is 11.3 Å². The average molecular weight is 290 g/mol. The molecule has 2 heterocycles. The van der Waals surface area contributed by atoms with Gasteiger partial charge in [0, 0.05) is 17.8 Å². The molecule has 2 aromatic heterocycles. The lowest BCUT2D eigenvalue weighted by Gasteiger charge is -2.20. The van der Waals surface area contributed by atoms with Crippen molar-refractivity contribution >= 4 is 22.4 Å². The van der Waals surface area contributed by atoms with Gasteiger partial charge in [0.05, 0.1) is 6.04 Å². The molecule has 0 saturated heterocycles. The Bertz CT molecular complexity index is 568. The van der Waals surface area contributed by atoms with E-state index in [-0.39, 0.29) is 11.9 Å². The summed E-state index contributed by atoms with van der Waals surface area (Å²) >= 11 is 1.26. The normalized spacial score (nSPS) is 12.3. The van der Waals surface area contributed by atoms with Crippen molar-refractivity contribution in [1.82, 2.24) is 15.3 Å². The number of nitrogen functional groups attached to an aromatic ring is 1. The van der Waals surface area contributed by atoms with Gasteiger partial charge in [-0.3, -0.25) is 9.78 Å². The van der Waals surface area contributed by atoms with Crippen LogP contribution in [-0.4, -0.2) is 15.9 Å². The Labute approximate surface area is 122 Å². The summed E-state index contributed by atoms with van der Waals surface area (Å²) in [4.78, 5) is 20.3. The van der Waals surface area contributed by atoms with E-state index >= 15 is 0 Å². The summed E-state index contributed by atoms with van der Waals surface area (Å²) in [6, 6.07) is 3.77. The lowest BCUT2D eigenvalue weighted by atomic mass is 9.98. The number of carbonyl (C=O) groups excluding carboxylic acids is 1. The number of hydrogen-bond acceptors (Lipinski definition) is 5. The topological polar surface area (TPSA) is 80.9 Å². The standard InChI is InChI=1S/C14H18N4OS/c1-9(2)6-11(10-4-3-5-16-7-10)17-13(19)12-8-20-14(15)18-12/h3-5,7-9,11H,6H2,1-2H3,(H2,15,18)(H,17,19). The van der Waals surface area contributed by atoms with Gasteiger partial charge in [-0.15, -0.1) is 11.3 Å². The Balaban J connectivity index is 2.14. The molecule has 0 spiro atoms. The van der Waals surface area contributed by atoms with E-state index in [0.717, 1.165) is 12.0 Å². The maximum Gasteiger partial charge on any atom is 0.271 e. The fraction of sp³-hybridized carbons (Fsp3) is 0.357. The van der Waals surface area contributed by atoms with E-state index in [0.29, 0.717) is 16.7 Å². The van der Waals surface area contributed by atoms with Crippen molar-refractivity contribution in [3.05, 3.63) is 41.2 Å². The number of rotatable bonds is 5. The summed E-state index contributed by atoms with van der Waals surface area (Å²) < 4.78 is 0. The predicted molar refractivity (Wildman–Crippen MR) is 80.4 cm³/mol. The van der Waals surface area contributed by atoms with Crippen molar-refractivity contribution in [3.8, 4) is 0 Å². The Hall–Kier alpha value is -1.95. The Kier molecular flexibility index (Phi) is 4.68. The molecule has 0 saturated carbocycles. The molecule has 5 nitrogen and oxygen atoms in total. The molecule has 0 aromatic carbocycles. The van der Waals surface area contributed by atoms with Crippen LogP contribution in [0, 0.1) is 5.92 Å². The number of thiazole rings is 1. The third-order valence-electron chi connectivity index (χ3n) is 2.85. The zero-order valence-corrected chi connectivity index (χ0v) is 12.4. The molecule has 2 aromatic rings. The van der Waals surface area contributed by atoms with E-state index < -0.39 is 0 Å². The molecular formula is C14H18N4OS. The van der Waals surface area contributed by atoms with Crippen molar-refractivity contribution in [1.29, 1.82) is 0 Å². The van der Waals surface area contributed by atoms with Gasteiger partial charge in [-0.05, 0) is 24.0 Å². The van der Waals surface area contributed by atoms with Crippen LogP contribution in [0.2, 0.25) is 0 Å². The Morgan fingerprint density at radius 3 is 2.85 bits per heavy atom. The summed E-state index contributed by atoms with van der Waals surface area (Å²) in [5, 5.41) is 5.07. The second-order valence-electron chi connectivity index (χ2n) is 5.01. The van der Waals surface area contributed by atoms with Gasteiger partial charge < -0.3 is 11.1 Å². The first kappa shape index (κ1) is 14.5. The van der Waals surface area contributed by atoms with Crippen LogP contribution in [0.15, 0.2) is 29.9 Å². The van der Waals surface area contributed by atoms with Crippen LogP contribution >= 0.6 is 11.3 Å². The number of nitrogens with zero attached hydrogens (tertiary/aromatic N) is 2. The van der Waals surface area contributed by atoms with Gasteiger partial charge in [0.15, 0.2) is 5.13 Å². The third kappa shape index (κ3) is 3.77. The van der Waals surface area contributed by atoms with Crippen LogP contribution < -0.4 is 11.1 Å². The Morgan fingerprint density at radius 1 is 1.50 bits per heavy atom. The fourth-order valence-corrected chi connectivity index (χ4v) is 2.50. The quantitative estimate of drug-likeness (QED) is 0.887. The Morgan fingerprint density at radius 2 is 2.30 bits per heavy atom. The first-order valence-corrected chi connectivity index (χ1v) is 7.36. The van der Waals surface area contributed by atoms with Crippen molar-refractivity contribution in [2.75, 3.05) is 5.73 Å². The van der Waals surface area contributed by atoms with Gasteiger partial charge in [-0.2, -0.15) is 0 Å². The number of aromatic nitrogens is 2. The van der Waals surface area contributed by atoms with Gasteiger partial charge in [-0.25, -0.2) is 4.98 Å². The molecule has 1 amide bonds. The number of pyridine rings is 1. The largest absolute Gasteiger partial charge is 0.375 e. The molecule has 2 rings (SSSR count). The minimum absolute atomic E-state index is 0.0703. The number of hydrogen-bond donors (Lipinski definition) is 2. The molecule has 0 aliphatic heterocycles. The second kappa shape index (κ2) is 6.47. The molecule has 1 unspecified atom stereocenters. The molecule has 20 heavy (non-hydrogen) atoms. The highest BCUT2D eigenvalue weighted by Crippen LogP contribution is 2.21. The highest BCUT2D eigenvalue weighted by Gasteiger charge is 2.18. The highest BCUT2D eigenvalue weighted by atomic mass is 32.1. The SMILES string of the molecule is CC(C)CC(NC(=O)c1csc(N)n1)c1cccnc1. The van der Waals surface area contributed by atoms with Gasteiger partial charge in [0.2, 0.25) is 0 Å². The third-order valence-corrected chi connectivity index (χ3v) is 3.53. The van der Waals surface area contributed by atoms with Crippen LogP contribution in [-0.2, 0) is 0 Å². The zero-order chi connectivity index (χ0) is 14.5. The fourth-order valence-electron chi connectivity index (χ4n) is 1.96. The number of anilines is 1. The summed E-state index contributed by atoms with van der Waals surface area (Å²) in [7, 11) is 0. The minimum Gasteiger partial charge on any atom is -0.375 e. The van der Waals surface area contributed by atoms with E-state index in [1.807, 2.05) is 12.1 Å². The number of nitrogens with two attached hydrogens (primary N) is 1. The maximum absolute atomic E-state index is 12.2. The minimum atomic E-state index is -0.201. The van der Waals surface area contributed by atoms with Gasteiger partial charge in [-0.1, -0.05) is 19.9 Å². The van der Waals surface area contributed by atoms with E-state index in [4.69, 9.17) is 5.73 Å². The van der Waals surface area contributed by atoms with Gasteiger partial charge in [0.25, 0.3) is 5.91 Å². The first-order valence-electron chi connectivity index (χ1n) is 6.48. The average Bonchev–Trinajstić information content (AvgIpc) is 2.85. The molecule has 0 aliphatic carbocycles. The second-order valence-corrected chi connectivity index (χ2v) is 5.90. The molecular weight excluding hydrogens is 272 g/mol. The van der Waals surface area contributed by atoms with Gasteiger partial charge in [0.1, 0.15) is 5.69 Å². The molecule has 0 fully saturated rings. The number of amides is 1. The van der Waals surface area contributed by atoms with Crippen molar-refractivity contribution < 1.29 is 4.79 Å². The summed E-state index contributed by atoms with van der Waals surface area (Å²) in [6.45, 7) is 4.24. The van der Waals surface area contributed by atoms with Crippen LogP contribution in [0.3, 0.4) is 0 Å². The van der Waals surface area contributed by atoms with Crippen LogP contribution in [0.25, 0.3) is 0 Å². The van der Waals surface area contributed by atoms with Crippen molar-refractivity contribution in [2.24, 2.45) is 5.92 Å². The van der Waals surface area contributed by atoms with Crippen LogP contribution in [0.5, 0.6) is 0 Å². The molecule has 0 aliphatic rings. The number of carbonyl (C=O) groups is 1. The van der Waals surface area contributed by atoms with Gasteiger partial charge >= 0.3 is 0 Å². The summed E-state index contributed by atoms with van der Waals surface area (Å²) in [6.07, 6.45) is 4.35. The number of nitrogens with one attached hydrogen (secondary N) is 1. The van der Waals surface area contributed by atoms with E-state index in [2.05, 4.69) is 29.1 Å². The summed E-state index contributed by atoms with van der Waals surface area (Å²) in [5.74, 6) is 0.258. The van der Waals surface area contributed by atoms with E-state index in [1.54, 1.807) is 17.8 Å². The first-order chi connectivity index (χ1) is 9.56. The smallest absolute Gasteiger partial charge is 0.271 e. The maximum atomic E-state index is 12.2. The molecule has 1 atom stereocenters. The van der Waals surface area contributed by atoms with Crippen molar-refractivity contribution in [3.63, 3.8) is 0 Å². The predicted octanol–water partition coefficient (Wildman–Crippen LogP) is 2.64. The summed E-state index contributed by atoms with van der Waals surface area (Å²) in [5.41, 5.74) is 6.92. The van der Waals surface area contributed by atoms with Crippen LogP contribution in [0.4, 0.5) is 5.13 Å². The molecule has 6 heteroatoms.